The number of aliphatic hydroxyl groups excluding tert-OH is 1. The summed E-state index contributed by atoms with van der Waals surface area (Å²) >= 11 is 12.1. The van der Waals surface area contributed by atoms with E-state index in [1.165, 1.54) is 6.08 Å². The van der Waals surface area contributed by atoms with Crippen molar-refractivity contribution < 1.29 is 9.90 Å². The molecule has 4 aromatic rings. The Morgan fingerprint density at radius 3 is 2.35 bits per heavy atom. The van der Waals surface area contributed by atoms with Gasteiger partial charge in [0.2, 0.25) is 0 Å². The van der Waals surface area contributed by atoms with Crippen molar-refractivity contribution in [2.75, 3.05) is 31.1 Å². The van der Waals surface area contributed by atoms with Gasteiger partial charge in [0.15, 0.2) is 0 Å². The number of H-pyrrole nitrogens is 1. The number of aliphatic hydroxyl groups is 1. The third kappa shape index (κ3) is 5.33. The fourth-order valence-corrected chi connectivity index (χ4v) is 4.71. The molecule has 0 atom stereocenters. The van der Waals surface area contributed by atoms with E-state index < -0.39 is 5.56 Å². The molecule has 37 heavy (non-hydrogen) atoms. The van der Waals surface area contributed by atoms with Crippen LogP contribution in [0.5, 0.6) is 0 Å². The number of carbonyl (C=O) groups excluding carboxylic acids is 1. The number of aromatic amines is 1. The maximum absolute atomic E-state index is 13.2. The van der Waals surface area contributed by atoms with Crippen molar-refractivity contribution in [2.45, 2.75) is 6.92 Å². The molecule has 2 N–H and O–H groups in total. The summed E-state index contributed by atoms with van der Waals surface area (Å²) in [6.45, 7) is 4.60. The van der Waals surface area contributed by atoms with Crippen LogP contribution in [0.1, 0.15) is 27.2 Å². The molecule has 5 rings (SSSR count). The number of amides is 1. The van der Waals surface area contributed by atoms with Crippen LogP contribution in [0.3, 0.4) is 0 Å². The van der Waals surface area contributed by atoms with E-state index in [0.717, 1.165) is 11.3 Å². The normalized spacial score (nSPS) is 14.3. The minimum Gasteiger partial charge on any atom is -0.507 e. The van der Waals surface area contributed by atoms with E-state index in [1.807, 2.05) is 30.0 Å². The van der Waals surface area contributed by atoms with Crippen LogP contribution >= 0.6 is 23.2 Å². The van der Waals surface area contributed by atoms with Crippen LogP contribution in [0.2, 0.25) is 10.0 Å². The standard InChI is InChI=1S/C28H24Cl2N4O3/c1-17-2-6-21(30)15-25(17)33-10-12-34(13-11-33)28(37)19-5-9-22-23(14-19)32-27(36)24(31-22)16-26(35)18-3-7-20(29)8-4-18/h2-9,14-16,35H,10-13H2,1H3,(H,32,36)/b26-16-. The number of anilines is 1. The van der Waals surface area contributed by atoms with Crippen LogP contribution in [0.25, 0.3) is 22.9 Å². The molecule has 1 saturated heterocycles. The molecule has 3 aromatic carbocycles. The third-order valence-electron chi connectivity index (χ3n) is 6.46. The lowest BCUT2D eigenvalue weighted by atomic mass is 10.1. The number of piperazine rings is 1. The van der Waals surface area contributed by atoms with Gasteiger partial charge >= 0.3 is 0 Å². The lowest BCUT2D eigenvalue weighted by molar-refractivity contribution is 0.0747. The van der Waals surface area contributed by atoms with Gasteiger partial charge in [-0.25, -0.2) is 4.98 Å². The summed E-state index contributed by atoms with van der Waals surface area (Å²) in [6.07, 6.45) is 1.31. The summed E-state index contributed by atoms with van der Waals surface area (Å²) in [4.78, 5) is 37.1. The molecule has 1 aliphatic rings. The molecule has 9 heteroatoms. The predicted molar refractivity (Wildman–Crippen MR) is 149 cm³/mol. The van der Waals surface area contributed by atoms with Gasteiger partial charge in [-0.2, -0.15) is 0 Å². The minimum atomic E-state index is -0.469. The Labute approximate surface area is 223 Å². The molecule has 1 fully saturated rings. The summed E-state index contributed by atoms with van der Waals surface area (Å²) in [7, 11) is 0. The van der Waals surface area contributed by atoms with Crippen LogP contribution in [-0.4, -0.2) is 52.1 Å². The molecule has 0 unspecified atom stereocenters. The van der Waals surface area contributed by atoms with Gasteiger partial charge in [0.25, 0.3) is 11.5 Å². The quantitative estimate of drug-likeness (QED) is 0.334. The zero-order valence-corrected chi connectivity index (χ0v) is 21.6. The number of nitrogens with one attached hydrogen (secondary N) is 1. The summed E-state index contributed by atoms with van der Waals surface area (Å²) in [5, 5.41) is 11.6. The number of halogens is 2. The highest BCUT2D eigenvalue weighted by molar-refractivity contribution is 6.31. The first-order valence-electron chi connectivity index (χ1n) is 11.8. The summed E-state index contributed by atoms with van der Waals surface area (Å²) in [6, 6.07) is 17.5. The van der Waals surface area contributed by atoms with E-state index in [-0.39, 0.29) is 17.4 Å². The Balaban J connectivity index is 1.33. The molecule has 1 aromatic heterocycles. The van der Waals surface area contributed by atoms with E-state index in [4.69, 9.17) is 23.2 Å². The fourth-order valence-electron chi connectivity index (χ4n) is 4.42. The average molecular weight is 535 g/mol. The van der Waals surface area contributed by atoms with Crippen molar-refractivity contribution in [1.82, 2.24) is 14.9 Å². The molecule has 0 saturated carbocycles. The number of aromatic nitrogens is 2. The summed E-state index contributed by atoms with van der Waals surface area (Å²) in [5.41, 5.74) is 3.77. The van der Waals surface area contributed by atoms with Gasteiger partial charge in [0, 0.05) is 59.1 Å². The summed E-state index contributed by atoms with van der Waals surface area (Å²) in [5.74, 6) is -0.206. The summed E-state index contributed by atoms with van der Waals surface area (Å²) < 4.78 is 0. The first-order valence-corrected chi connectivity index (χ1v) is 12.5. The Kier molecular flexibility index (Phi) is 6.91. The van der Waals surface area contributed by atoms with Crippen LogP contribution in [0.15, 0.2) is 65.5 Å². The molecule has 0 radical (unpaired) electrons. The average Bonchev–Trinajstić information content (AvgIpc) is 2.90. The molecule has 0 spiro atoms. The van der Waals surface area contributed by atoms with Crippen molar-refractivity contribution in [3.8, 4) is 0 Å². The fraction of sp³-hybridized carbons (Fsp3) is 0.179. The number of benzene rings is 3. The molecule has 0 bridgehead atoms. The maximum atomic E-state index is 13.2. The molecular formula is C28H24Cl2N4O3. The molecule has 2 heterocycles. The van der Waals surface area contributed by atoms with E-state index in [9.17, 15) is 14.7 Å². The molecule has 0 aliphatic carbocycles. The monoisotopic (exact) mass is 534 g/mol. The number of rotatable bonds is 4. The Hall–Kier alpha value is -3.81. The number of aryl methyl sites for hydroxylation is 1. The lowest BCUT2D eigenvalue weighted by Gasteiger charge is -2.37. The molecule has 188 valence electrons. The van der Waals surface area contributed by atoms with E-state index in [1.54, 1.807) is 42.5 Å². The Morgan fingerprint density at radius 1 is 0.946 bits per heavy atom. The van der Waals surface area contributed by atoms with Crippen molar-refractivity contribution in [2.24, 2.45) is 0 Å². The van der Waals surface area contributed by atoms with E-state index in [0.29, 0.717) is 58.4 Å². The van der Waals surface area contributed by atoms with Gasteiger partial charge in [0.05, 0.1) is 11.0 Å². The van der Waals surface area contributed by atoms with E-state index >= 15 is 0 Å². The largest absolute Gasteiger partial charge is 0.507 e. The first kappa shape index (κ1) is 24.9. The lowest BCUT2D eigenvalue weighted by Crippen LogP contribution is -2.49. The maximum Gasteiger partial charge on any atom is 0.274 e. The Bertz CT molecular complexity index is 1570. The van der Waals surface area contributed by atoms with Crippen LogP contribution in [-0.2, 0) is 0 Å². The molecular weight excluding hydrogens is 511 g/mol. The zero-order chi connectivity index (χ0) is 26.1. The van der Waals surface area contributed by atoms with Gasteiger partial charge in [-0.15, -0.1) is 0 Å². The van der Waals surface area contributed by atoms with Gasteiger partial charge in [0.1, 0.15) is 11.5 Å². The second-order valence-corrected chi connectivity index (χ2v) is 9.80. The highest BCUT2D eigenvalue weighted by Crippen LogP contribution is 2.26. The van der Waals surface area contributed by atoms with Gasteiger partial charge in [-0.05, 0) is 67.1 Å². The number of nitrogens with zero attached hydrogens (tertiary/aromatic N) is 3. The number of hydrogen-bond acceptors (Lipinski definition) is 5. The van der Waals surface area contributed by atoms with Gasteiger partial charge < -0.3 is 19.9 Å². The highest BCUT2D eigenvalue weighted by atomic mass is 35.5. The zero-order valence-electron chi connectivity index (χ0n) is 20.0. The van der Waals surface area contributed by atoms with Crippen LogP contribution in [0, 0.1) is 6.92 Å². The predicted octanol–water partition coefficient (Wildman–Crippen LogP) is 5.56. The van der Waals surface area contributed by atoms with Crippen LogP contribution < -0.4 is 10.5 Å². The number of fused-ring (bicyclic) bond motifs is 1. The molecule has 1 amide bonds. The van der Waals surface area contributed by atoms with Gasteiger partial charge in [-0.1, -0.05) is 29.3 Å². The third-order valence-corrected chi connectivity index (χ3v) is 6.94. The molecule has 7 nitrogen and oxygen atoms in total. The van der Waals surface area contributed by atoms with Crippen molar-refractivity contribution in [3.63, 3.8) is 0 Å². The molecule has 1 aliphatic heterocycles. The SMILES string of the molecule is Cc1ccc(Cl)cc1N1CCN(C(=O)c2ccc3nc(/C=C(\O)c4ccc(Cl)cc4)c(=O)[nH]c3c2)CC1. The minimum absolute atomic E-state index is 0.0615. The topological polar surface area (TPSA) is 89.5 Å². The second kappa shape index (κ2) is 10.3. The van der Waals surface area contributed by atoms with Crippen molar-refractivity contribution >= 4 is 57.7 Å². The smallest absolute Gasteiger partial charge is 0.274 e. The Morgan fingerprint density at radius 2 is 1.62 bits per heavy atom. The second-order valence-electron chi connectivity index (χ2n) is 8.93. The highest BCUT2D eigenvalue weighted by Gasteiger charge is 2.23. The van der Waals surface area contributed by atoms with Crippen molar-refractivity contribution in [1.29, 1.82) is 0 Å². The van der Waals surface area contributed by atoms with Gasteiger partial charge in [-0.3, -0.25) is 9.59 Å². The van der Waals surface area contributed by atoms with Crippen molar-refractivity contribution in [3.05, 3.63) is 103 Å². The first-order chi connectivity index (χ1) is 17.8. The number of carbonyl (C=O) groups is 1. The van der Waals surface area contributed by atoms with E-state index in [2.05, 4.69) is 14.9 Å². The number of hydrogen-bond donors (Lipinski definition) is 2. The van der Waals surface area contributed by atoms with Crippen LogP contribution in [0.4, 0.5) is 5.69 Å².